The molecule has 0 aliphatic rings. The van der Waals surface area contributed by atoms with Gasteiger partial charge in [-0.3, -0.25) is 0 Å². The van der Waals surface area contributed by atoms with Crippen LogP contribution in [0.1, 0.15) is 26.2 Å². The van der Waals surface area contributed by atoms with Crippen LogP contribution >= 0.6 is 0 Å². The molecule has 6 heteroatoms. The normalized spacial score (nSPS) is 13.9. The first kappa shape index (κ1) is 15.8. The molecule has 98 valence electrons. The summed E-state index contributed by atoms with van der Waals surface area (Å²) in [6, 6.07) is 0. The van der Waals surface area contributed by atoms with Gasteiger partial charge in [-0.05, 0) is 33.2 Å². The lowest BCUT2D eigenvalue weighted by Crippen LogP contribution is -2.38. The van der Waals surface area contributed by atoms with Crippen molar-refractivity contribution in [3.05, 3.63) is 0 Å². The van der Waals surface area contributed by atoms with Crippen LogP contribution in [0.25, 0.3) is 0 Å². The van der Waals surface area contributed by atoms with Gasteiger partial charge in [-0.2, -0.15) is 0 Å². The van der Waals surface area contributed by atoms with Gasteiger partial charge in [0.2, 0.25) is 10.0 Å². The molecule has 0 rings (SSSR count). The summed E-state index contributed by atoms with van der Waals surface area (Å²) in [5.41, 5.74) is 0. The van der Waals surface area contributed by atoms with E-state index in [0.29, 0.717) is 13.1 Å². The minimum absolute atomic E-state index is 0.392. The number of sulfonamides is 1. The number of methoxy groups -OCH3 is 1. The fraction of sp³-hybridized carbons (Fsp3) is 1.00. The van der Waals surface area contributed by atoms with Gasteiger partial charge >= 0.3 is 0 Å². The molecule has 5 nitrogen and oxygen atoms in total. The Kier molecular flexibility index (Phi) is 8.83. The quantitative estimate of drug-likeness (QED) is 0.550. The molecule has 0 aliphatic heterocycles. The van der Waals surface area contributed by atoms with Crippen molar-refractivity contribution in [1.82, 2.24) is 10.0 Å². The van der Waals surface area contributed by atoms with Gasteiger partial charge in [-0.25, -0.2) is 13.1 Å². The van der Waals surface area contributed by atoms with Crippen LogP contribution in [0.15, 0.2) is 0 Å². The maximum absolute atomic E-state index is 11.6. The first-order chi connectivity index (χ1) is 7.54. The zero-order valence-corrected chi connectivity index (χ0v) is 11.3. The van der Waals surface area contributed by atoms with E-state index in [1.165, 1.54) is 0 Å². The molecule has 0 saturated carbocycles. The van der Waals surface area contributed by atoms with Crippen LogP contribution in [0.3, 0.4) is 0 Å². The predicted octanol–water partition coefficient (Wildman–Crippen LogP) is 0.330. The molecule has 1 unspecified atom stereocenters. The Morgan fingerprint density at radius 1 is 1.25 bits per heavy atom. The molecule has 1 atom stereocenters. The van der Waals surface area contributed by atoms with Gasteiger partial charge in [0.15, 0.2) is 0 Å². The number of hydrogen-bond donors (Lipinski definition) is 2. The molecule has 16 heavy (non-hydrogen) atoms. The van der Waals surface area contributed by atoms with Crippen molar-refractivity contribution in [2.75, 3.05) is 33.9 Å². The summed E-state index contributed by atoms with van der Waals surface area (Å²) in [5, 5.41) is 2.46. The molecule has 2 N–H and O–H groups in total. The van der Waals surface area contributed by atoms with Crippen LogP contribution in [0.2, 0.25) is 0 Å². The number of rotatable bonds is 10. The van der Waals surface area contributed by atoms with Crippen LogP contribution in [0, 0.1) is 0 Å². The summed E-state index contributed by atoms with van der Waals surface area (Å²) in [5.74, 6) is 0. The maximum atomic E-state index is 11.6. The second-order valence-electron chi connectivity index (χ2n) is 3.86. The molecule has 0 aromatic heterocycles. The second kappa shape index (κ2) is 8.92. The lowest BCUT2D eigenvalue weighted by molar-refractivity contribution is 0.192. The van der Waals surface area contributed by atoms with Gasteiger partial charge in [0.25, 0.3) is 0 Å². The summed E-state index contributed by atoms with van der Waals surface area (Å²) in [6.07, 6.45) is 2.82. The van der Waals surface area contributed by atoms with Crippen molar-refractivity contribution in [2.24, 2.45) is 0 Å². The van der Waals surface area contributed by atoms with E-state index in [0.717, 1.165) is 25.9 Å². The zero-order chi connectivity index (χ0) is 12.4. The highest BCUT2D eigenvalue weighted by atomic mass is 32.2. The number of ether oxygens (including phenoxy) is 1. The number of unbranched alkanes of at least 4 members (excludes halogenated alkanes) is 2. The average Bonchev–Trinajstić information content (AvgIpc) is 2.23. The third-order valence-electron chi connectivity index (χ3n) is 2.35. The van der Waals surface area contributed by atoms with E-state index < -0.39 is 15.3 Å². The van der Waals surface area contributed by atoms with E-state index in [9.17, 15) is 8.42 Å². The van der Waals surface area contributed by atoms with Gasteiger partial charge in [0, 0.05) is 26.8 Å². The molecular formula is C10H24N2O3S. The molecule has 0 spiro atoms. The van der Waals surface area contributed by atoms with Crippen molar-refractivity contribution in [3.63, 3.8) is 0 Å². The topological polar surface area (TPSA) is 67.4 Å². The van der Waals surface area contributed by atoms with Crippen molar-refractivity contribution in [2.45, 2.75) is 31.4 Å². The van der Waals surface area contributed by atoms with Crippen LogP contribution in [-0.2, 0) is 14.8 Å². The standard InChI is InChI=1S/C10H24N2O3S/c1-10(9-11-2)16(13,14)12-7-5-4-6-8-15-3/h10-12H,4-9H2,1-3H3. The number of nitrogens with one attached hydrogen (secondary N) is 2. The summed E-state index contributed by atoms with van der Waals surface area (Å²) >= 11 is 0. The van der Waals surface area contributed by atoms with Crippen LogP contribution in [0.5, 0.6) is 0 Å². The highest BCUT2D eigenvalue weighted by molar-refractivity contribution is 7.90. The lowest BCUT2D eigenvalue weighted by Gasteiger charge is -2.13. The molecule has 0 aliphatic carbocycles. The van der Waals surface area contributed by atoms with Crippen molar-refractivity contribution < 1.29 is 13.2 Å². The smallest absolute Gasteiger partial charge is 0.215 e. The van der Waals surface area contributed by atoms with Crippen molar-refractivity contribution >= 4 is 10.0 Å². The van der Waals surface area contributed by atoms with Gasteiger partial charge in [0.1, 0.15) is 0 Å². The Balaban J connectivity index is 3.66. The Morgan fingerprint density at radius 3 is 2.50 bits per heavy atom. The van der Waals surface area contributed by atoms with Crippen molar-refractivity contribution in [3.8, 4) is 0 Å². The van der Waals surface area contributed by atoms with E-state index in [1.54, 1.807) is 21.1 Å². The average molecular weight is 252 g/mol. The highest BCUT2D eigenvalue weighted by Crippen LogP contribution is 1.99. The molecule has 0 fully saturated rings. The minimum Gasteiger partial charge on any atom is -0.385 e. The van der Waals surface area contributed by atoms with E-state index in [4.69, 9.17) is 4.74 Å². The number of hydrogen-bond acceptors (Lipinski definition) is 4. The van der Waals surface area contributed by atoms with Crippen LogP contribution in [-0.4, -0.2) is 47.5 Å². The van der Waals surface area contributed by atoms with Gasteiger partial charge in [-0.15, -0.1) is 0 Å². The Labute approximate surface area is 99.0 Å². The molecule has 0 aromatic rings. The summed E-state index contributed by atoms with van der Waals surface area (Å²) in [6.45, 7) is 3.42. The first-order valence-corrected chi connectivity index (χ1v) is 7.21. The van der Waals surface area contributed by atoms with Crippen LogP contribution in [0.4, 0.5) is 0 Å². The molecule has 0 amide bonds. The maximum Gasteiger partial charge on any atom is 0.215 e. The summed E-state index contributed by atoms with van der Waals surface area (Å²) < 4.78 is 30.8. The van der Waals surface area contributed by atoms with Gasteiger partial charge < -0.3 is 10.1 Å². The molecular weight excluding hydrogens is 228 g/mol. The third-order valence-corrected chi connectivity index (χ3v) is 4.18. The predicted molar refractivity (Wildman–Crippen MR) is 66.0 cm³/mol. The third kappa shape index (κ3) is 7.16. The van der Waals surface area contributed by atoms with Gasteiger partial charge in [0.05, 0.1) is 5.25 Å². The van der Waals surface area contributed by atoms with E-state index in [2.05, 4.69) is 10.0 Å². The van der Waals surface area contributed by atoms with E-state index in [-0.39, 0.29) is 0 Å². The van der Waals surface area contributed by atoms with E-state index in [1.807, 2.05) is 0 Å². The van der Waals surface area contributed by atoms with E-state index >= 15 is 0 Å². The molecule has 0 heterocycles. The second-order valence-corrected chi connectivity index (χ2v) is 6.04. The largest absolute Gasteiger partial charge is 0.385 e. The fourth-order valence-corrected chi connectivity index (χ4v) is 2.40. The molecule has 0 aromatic carbocycles. The summed E-state index contributed by atoms with van der Waals surface area (Å²) in [7, 11) is 0.257. The highest BCUT2D eigenvalue weighted by Gasteiger charge is 2.18. The Hall–Kier alpha value is -0.170. The molecule has 0 bridgehead atoms. The minimum atomic E-state index is -3.16. The Morgan fingerprint density at radius 2 is 1.94 bits per heavy atom. The zero-order valence-electron chi connectivity index (χ0n) is 10.5. The van der Waals surface area contributed by atoms with Crippen molar-refractivity contribution in [1.29, 1.82) is 0 Å². The van der Waals surface area contributed by atoms with Crippen LogP contribution < -0.4 is 10.0 Å². The van der Waals surface area contributed by atoms with Gasteiger partial charge in [-0.1, -0.05) is 0 Å². The summed E-state index contributed by atoms with van der Waals surface area (Å²) in [4.78, 5) is 0. The first-order valence-electron chi connectivity index (χ1n) is 5.66. The molecule has 0 saturated heterocycles. The monoisotopic (exact) mass is 252 g/mol. The lowest BCUT2D eigenvalue weighted by atomic mass is 10.2. The molecule has 0 radical (unpaired) electrons. The Bertz CT molecular complexity index is 255. The fourth-order valence-electron chi connectivity index (χ4n) is 1.30. The SMILES string of the molecule is CNCC(C)S(=O)(=O)NCCCCCOC.